The third kappa shape index (κ3) is 4.69. The van der Waals surface area contributed by atoms with Crippen molar-refractivity contribution in [3.05, 3.63) is 94.5 Å². The molecule has 0 spiro atoms. The Bertz CT molecular complexity index is 841. The Hall–Kier alpha value is -2.15. The summed E-state index contributed by atoms with van der Waals surface area (Å²) in [6, 6.07) is 23.2. The number of halogens is 1. The first-order chi connectivity index (χ1) is 12.1. The lowest BCUT2D eigenvalue weighted by molar-refractivity contribution is 0.108. The number of hydrogen-bond acceptors (Lipinski definition) is 2. The molecule has 0 saturated carbocycles. The zero-order valence-electron chi connectivity index (χ0n) is 13.8. The van der Waals surface area contributed by atoms with Gasteiger partial charge in [-0.3, -0.25) is 4.79 Å². The first-order valence-electron chi connectivity index (χ1n) is 7.97. The molecule has 2 nitrogen and oxygen atoms in total. The first-order valence-corrected chi connectivity index (χ1v) is 9.34. The van der Waals surface area contributed by atoms with Crippen LogP contribution >= 0.6 is 20.2 Å². The molecule has 126 valence electrons. The van der Waals surface area contributed by atoms with E-state index < -0.39 is 0 Å². The van der Waals surface area contributed by atoms with Crippen LogP contribution in [0.3, 0.4) is 0 Å². The molecule has 0 saturated heterocycles. The Balaban J connectivity index is 1.63. The fourth-order valence-corrected chi connectivity index (χ4v) is 3.93. The average molecular weight is 369 g/mol. The van der Waals surface area contributed by atoms with Gasteiger partial charge < -0.3 is 4.74 Å². The van der Waals surface area contributed by atoms with Gasteiger partial charge in [-0.2, -0.15) is 0 Å². The number of hydrogen-bond donors (Lipinski definition) is 0. The monoisotopic (exact) mass is 368 g/mol. The maximum absolute atomic E-state index is 12.5. The van der Waals surface area contributed by atoms with Gasteiger partial charge in [0.2, 0.25) is 0 Å². The second-order valence-corrected chi connectivity index (χ2v) is 7.37. The highest BCUT2D eigenvalue weighted by atomic mass is 35.5. The van der Waals surface area contributed by atoms with Gasteiger partial charge in [-0.25, -0.2) is 0 Å². The summed E-state index contributed by atoms with van der Waals surface area (Å²) in [4.78, 5) is 12.5. The summed E-state index contributed by atoms with van der Waals surface area (Å²) in [5.41, 5.74) is 2.71. The second-order valence-electron chi connectivity index (χ2n) is 5.68. The zero-order valence-corrected chi connectivity index (χ0v) is 15.6. The van der Waals surface area contributed by atoms with Crippen LogP contribution < -0.4 is 10.0 Å². The van der Waals surface area contributed by atoms with Gasteiger partial charge in [0.15, 0.2) is 5.52 Å². The second kappa shape index (κ2) is 8.29. The fourth-order valence-electron chi connectivity index (χ4n) is 2.49. The molecule has 3 aromatic rings. The summed E-state index contributed by atoms with van der Waals surface area (Å²) >= 11 is 6.18. The summed E-state index contributed by atoms with van der Waals surface area (Å²) in [6.07, 6.45) is 0. The van der Waals surface area contributed by atoms with Crippen molar-refractivity contribution in [3.63, 3.8) is 0 Å². The molecule has 3 rings (SSSR count). The molecular formula is C21H18ClO2P. The van der Waals surface area contributed by atoms with Crippen LogP contribution in [0.1, 0.15) is 21.5 Å². The Morgan fingerprint density at radius 1 is 0.960 bits per heavy atom. The summed E-state index contributed by atoms with van der Waals surface area (Å²) < 4.78 is 5.77. The van der Waals surface area contributed by atoms with E-state index in [1.807, 2.05) is 73.7 Å². The predicted octanol–water partition coefficient (Wildman–Crippen LogP) is 5.37. The van der Waals surface area contributed by atoms with Crippen molar-refractivity contribution >= 4 is 31.0 Å². The van der Waals surface area contributed by atoms with Crippen LogP contribution in [0.15, 0.2) is 72.8 Å². The van der Waals surface area contributed by atoms with Gasteiger partial charge in [-0.1, -0.05) is 66.2 Å². The molecule has 1 atom stereocenters. The number of rotatable bonds is 6. The summed E-state index contributed by atoms with van der Waals surface area (Å²) in [5.74, 6) is 0.791. The molecule has 4 heteroatoms. The van der Waals surface area contributed by atoms with E-state index in [-0.39, 0.29) is 14.1 Å². The van der Waals surface area contributed by atoms with Crippen molar-refractivity contribution in [2.24, 2.45) is 0 Å². The Morgan fingerprint density at radius 2 is 1.68 bits per heavy atom. The van der Waals surface area contributed by atoms with Crippen molar-refractivity contribution in [2.75, 3.05) is 0 Å². The molecule has 3 aromatic carbocycles. The zero-order chi connectivity index (χ0) is 17.6. The smallest absolute Gasteiger partial charge is 0.187 e. The van der Waals surface area contributed by atoms with E-state index in [0.717, 1.165) is 22.2 Å². The van der Waals surface area contributed by atoms with E-state index in [9.17, 15) is 4.79 Å². The Kier molecular flexibility index (Phi) is 5.86. The highest BCUT2D eigenvalue weighted by Crippen LogP contribution is 2.27. The standard InChI is InChI=1S/C21H18ClO2P/c1-15-6-5-9-19(22)20(15)21(23)25-18-12-10-17(11-13-18)24-14-16-7-3-2-4-8-16/h2-13,25H,14H2,1H3. The predicted molar refractivity (Wildman–Crippen MR) is 106 cm³/mol. The van der Waals surface area contributed by atoms with Crippen LogP contribution in [-0.4, -0.2) is 5.52 Å². The third-order valence-corrected chi connectivity index (χ3v) is 5.22. The van der Waals surface area contributed by atoms with Crippen molar-refractivity contribution in [2.45, 2.75) is 13.5 Å². The molecule has 0 fully saturated rings. The molecular weight excluding hydrogens is 351 g/mol. The largest absolute Gasteiger partial charge is 0.489 e. The van der Waals surface area contributed by atoms with E-state index in [4.69, 9.17) is 16.3 Å². The lowest BCUT2D eigenvalue weighted by atomic mass is 10.1. The van der Waals surface area contributed by atoms with Crippen LogP contribution in [0.25, 0.3) is 0 Å². The van der Waals surface area contributed by atoms with Crippen molar-refractivity contribution in [1.29, 1.82) is 0 Å². The Labute approximate surface area is 154 Å². The number of carbonyl (C=O) groups is 1. The summed E-state index contributed by atoms with van der Waals surface area (Å²) in [6.45, 7) is 2.43. The van der Waals surface area contributed by atoms with Gasteiger partial charge in [-0.15, -0.1) is 0 Å². The van der Waals surface area contributed by atoms with Crippen LogP contribution in [0, 0.1) is 6.92 Å². The van der Waals surface area contributed by atoms with Crippen LogP contribution in [0.4, 0.5) is 0 Å². The summed E-state index contributed by atoms with van der Waals surface area (Å²) in [7, 11) is 0.0408. The van der Waals surface area contributed by atoms with E-state index in [1.54, 1.807) is 6.07 Å². The molecule has 0 aliphatic rings. The summed E-state index contributed by atoms with van der Waals surface area (Å²) in [5, 5.41) is 1.48. The lowest BCUT2D eigenvalue weighted by Crippen LogP contribution is -2.03. The maximum atomic E-state index is 12.5. The van der Waals surface area contributed by atoms with E-state index in [0.29, 0.717) is 17.2 Å². The normalized spacial score (nSPS) is 11.0. The number of benzene rings is 3. The highest BCUT2D eigenvalue weighted by Gasteiger charge is 2.13. The number of carbonyl (C=O) groups excluding carboxylic acids is 1. The van der Waals surface area contributed by atoms with E-state index in [1.165, 1.54) is 0 Å². The lowest BCUT2D eigenvalue weighted by Gasteiger charge is -2.09. The van der Waals surface area contributed by atoms with Gasteiger partial charge in [0.25, 0.3) is 0 Å². The molecule has 1 unspecified atom stereocenters. The minimum atomic E-state index is 0.0408. The van der Waals surface area contributed by atoms with E-state index in [2.05, 4.69) is 0 Å². The fraction of sp³-hybridized carbons (Fsp3) is 0.0952. The molecule has 0 heterocycles. The van der Waals surface area contributed by atoms with Crippen molar-refractivity contribution in [3.8, 4) is 5.75 Å². The molecule has 0 radical (unpaired) electrons. The minimum absolute atomic E-state index is 0.0408. The maximum Gasteiger partial charge on any atom is 0.187 e. The first kappa shape index (κ1) is 17.7. The van der Waals surface area contributed by atoms with Gasteiger partial charge >= 0.3 is 0 Å². The Morgan fingerprint density at radius 3 is 2.36 bits per heavy atom. The van der Waals surface area contributed by atoms with Crippen LogP contribution in [0.2, 0.25) is 5.02 Å². The topological polar surface area (TPSA) is 26.3 Å². The number of aryl methyl sites for hydroxylation is 1. The molecule has 0 N–H and O–H groups in total. The van der Waals surface area contributed by atoms with Crippen molar-refractivity contribution in [1.82, 2.24) is 0 Å². The quantitative estimate of drug-likeness (QED) is 0.546. The van der Waals surface area contributed by atoms with Gasteiger partial charge in [0, 0.05) is 5.56 Å². The van der Waals surface area contributed by atoms with Gasteiger partial charge in [0.05, 0.1) is 5.02 Å². The van der Waals surface area contributed by atoms with Crippen molar-refractivity contribution < 1.29 is 9.53 Å². The van der Waals surface area contributed by atoms with E-state index >= 15 is 0 Å². The molecule has 0 bridgehead atoms. The molecule has 0 amide bonds. The molecule has 0 aliphatic carbocycles. The van der Waals surface area contributed by atoms with Crippen LogP contribution in [-0.2, 0) is 6.61 Å². The average Bonchev–Trinajstić information content (AvgIpc) is 2.62. The molecule has 25 heavy (non-hydrogen) atoms. The SMILES string of the molecule is Cc1cccc(Cl)c1C(=O)Pc1ccc(OCc2ccccc2)cc1. The molecule has 0 aliphatic heterocycles. The van der Waals surface area contributed by atoms with Gasteiger partial charge in [-0.05, 0) is 50.1 Å². The minimum Gasteiger partial charge on any atom is -0.489 e. The molecule has 0 aromatic heterocycles. The highest BCUT2D eigenvalue weighted by molar-refractivity contribution is 7.66. The van der Waals surface area contributed by atoms with Gasteiger partial charge in [0.1, 0.15) is 12.4 Å². The third-order valence-electron chi connectivity index (χ3n) is 3.81. The van der Waals surface area contributed by atoms with Crippen LogP contribution in [0.5, 0.6) is 5.75 Å². The number of ether oxygens (including phenoxy) is 1.